The Hall–Kier alpha value is -3.02. The minimum Gasteiger partial charge on any atom is -0.484 e. The highest BCUT2D eigenvalue weighted by Crippen LogP contribution is 2.24. The monoisotopic (exact) mass is 526 g/mol. The van der Waals surface area contributed by atoms with Gasteiger partial charge in [0.05, 0.1) is 0 Å². The van der Waals surface area contributed by atoms with Crippen molar-refractivity contribution in [1.29, 1.82) is 0 Å². The van der Waals surface area contributed by atoms with E-state index < -0.39 is 6.04 Å². The van der Waals surface area contributed by atoms with E-state index in [-0.39, 0.29) is 31.0 Å². The number of nitrogens with one attached hydrogen (secondary N) is 1. The summed E-state index contributed by atoms with van der Waals surface area (Å²) >= 11 is 12.5. The zero-order chi connectivity index (χ0) is 26.1. The fraction of sp³-hybridized carbons (Fsp3) is 0.310. The minimum absolute atomic E-state index is 0.0832. The first-order valence-electron chi connectivity index (χ1n) is 12.1. The molecule has 7 heteroatoms. The van der Waals surface area contributed by atoms with Gasteiger partial charge >= 0.3 is 0 Å². The van der Waals surface area contributed by atoms with Crippen LogP contribution in [0.15, 0.2) is 72.8 Å². The fourth-order valence-corrected chi connectivity index (χ4v) is 4.29. The van der Waals surface area contributed by atoms with Crippen molar-refractivity contribution in [2.24, 2.45) is 0 Å². The average molecular weight is 527 g/mol. The van der Waals surface area contributed by atoms with Crippen LogP contribution >= 0.6 is 23.2 Å². The van der Waals surface area contributed by atoms with Gasteiger partial charge in [-0.05, 0) is 61.2 Å². The summed E-state index contributed by atoms with van der Waals surface area (Å²) in [5.74, 6) is 0.0382. The number of hydrogen-bond acceptors (Lipinski definition) is 3. The van der Waals surface area contributed by atoms with Gasteiger partial charge in [0, 0.05) is 29.1 Å². The Morgan fingerprint density at radius 2 is 1.64 bits per heavy atom. The SMILES string of the molecule is CCc1ccc(OCC(=O)N(Cc2ccc(Cl)cc2Cl)[C@@H](Cc2ccccc2)C(=O)NC(C)C)cc1. The quantitative estimate of drug-likeness (QED) is 0.328. The van der Waals surface area contributed by atoms with E-state index in [2.05, 4.69) is 12.2 Å². The van der Waals surface area contributed by atoms with Crippen molar-refractivity contribution in [2.45, 2.75) is 52.2 Å². The summed E-state index contributed by atoms with van der Waals surface area (Å²) in [6.45, 7) is 5.78. The second-order valence-corrected chi connectivity index (χ2v) is 9.76. The molecule has 0 saturated carbocycles. The first kappa shape index (κ1) is 27.6. The van der Waals surface area contributed by atoms with Gasteiger partial charge in [-0.25, -0.2) is 0 Å². The zero-order valence-electron chi connectivity index (χ0n) is 20.8. The second-order valence-electron chi connectivity index (χ2n) is 8.91. The van der Waals surface area contributed by atoms with Crippen molar-refractivity contribution in [1.82, 2.24) is 10.2 Å². The maximum absolute atomic E-state index is 13.6. The van der Waals surface area contributed by atoms with Crippen LogP contribution in [-0.2, 0) is 29.0 Å². The Bertz CT molecular complexity index is 1150. The van der Waals surface area contributed by atoms with Crippen LogP contribution < -0.4 is 10.1 Å². The number of carbonyl (C=O) groups excluding carboxylic acids is 2. The van der Waals surface area contributed by atoms with E-state index in [1.54, 1.807) is 23.1 Å². The normalized spacial score (nSPS) is 11.7. The molecule has 0 heterocycles. The molecule has 2 amide bonds. The summed E-state index contributed by atoms with van der Waals surface area (Å²) in [5.41, 5.74) is 2.82. The summed E-state index contributed by atoms with van der Waals surface area (Å²) in [4.78, 5) is 28.5. The van der Waals surface area contributed by atoms with Crippen molar-refractivity contribution in [3.8, 4) is 5.75 Å². The molecule has 36 heavy (non-hydrogen) atoms. The fourth-order valence-electron chi connectivity index (χ4n) is 3.82. The van der Waals surface area contributed by atoms with Gasteiger partial charge in [-0.1, -0.05) is 78.7 Å². The molecule has 0 spiro atoms. The number of nitrogens with zero attached hydrogens (tertiary/aromatic N) is 1. The van der Waals surface area contributed by atoms with Gasteiger partial charge < -0.3 is 15.0 Å². The van der Waals surface area contributed by atoms with Gasteiger partial charge in [-0.2, -0.15) is 0 Å². The molecule has 0 saturated heterocycles. The number of rotatable bonds is 11. The van der Waals surface area contributed by atoms with E-state index in [1.165, 1.54) is 5.56 Å². The Labute approximate surface area is 223 Å². The van der Waals surface area contributed by atoms with Crippen LogP contribution in [0.5, 0.6) is 5.75 Å². The van der Waals surface area contributed by atoms with Crippen LogP contribution in [0, 0.1) is 0 Å². The molecule has 1 atom stereocenters. The third kappa shape index (κ3) is 8.00. The van der Waals surface area contributed by atoms with Crippen molar-refractivity contribution < 1.29 is 14.3 Å². The van der Waals surface area contributed by atoms with Gasteiger partial charge in [0.2, 0.25) is 5.91 Å². The van der Waals surface area contributed by atoms with E-state index in [4.69, 9.17) is 27.9 Å². The molecule has 3 aromatic rings. The van der Waals surface area contributed by atoms with Crippen LogP contribution in [0.25, 0.3) is 0 Å². The summed E-state index contributed by atoms with van der Waals surface area (Å²) in [6.07, 6.45) is 1.27. The Kier molecular flexibility index (Phi) is 10.2. The molecule has 0 aliphatic heterocycles. The zero-order valence-corrected chi connectivity index (χ0v) is 22.4. The van der Waals surface area contributed by atoms with Gasteiger partial charge in [0.15, 0.2) is 6.61 Å². The largest absolute Gasteiger partial charge is 0.484 e. The lowest BCUT2D eigenvalue weighted by Crippen LogP contribution is -2.52. The first-order valence-corrected chi connectivity index (χ1v) is 12.8. The lowest BCUT2D eigenvalue weighted by molar-refractivity contribution is -0.143. The van der Waals surface area contributed by atoms with Crippen molar-refractivity contribution in [2.75, 3.05) is 6.61 Å². The molecule has 0 bridgehead atoms. The molecule has 0 fully saturated rings. The maximum atomic E-state index is 13.6. The molecule has 1 N–H and O–H groups in total. The highest BCUT2D eigenvalue weighted by atomic mass is 35.5. The number of halogens is 2. The standard InChI is InChI=1S/C29H32Cl2N2O3/c1-4-21-10-14-25(15-11-21)36-19-28(34)33(18-23-12-13-24(30)17-26(23)31)27(29(35)32-20(2)3)16-22-8-6-5-7-9-22/h5-15,17,20,27H,4,16,18-19H2,1-3H3,(H,32,35)/t27-/m0/s1. The predicted molar refractivity (Wildman–Crippen MR) is 146 cm³/mol. The van der Waals surface area contributed by atoms with Gasteiger partial charge in [-0.3, -0.25) is 9.59 Å². The molecular formula is C29H32Cl2N2O3. The molecule has 5 nitrogen and oxygen atoms in total. The van der Waals surface area contributed by atoms with Crippen molar-refractivity contribution in [3.05, 3.63) is 99.5 Å². The third-order valence-corrected chi connectivity index (χ3v) is 6.34. The minimum atomic E-state index is -0.764. The smallest absolute Gasteiger partial charge is 0.261 e. The lowest BCUT2D eigenvalue weighted by Gasteiger charge is -2.32. The van der Waals surface area contributed by atoms with E-state index in [9.17, 15) is 9.59 Å². The van der Waals surface area contributed by atoms with Crippen molar-refractivity contribution in [3.63, 3.8) is 0 Å². The molecule has 0 aliphatic carbocycles. The Morgan fingerprint density at radius 3 is 2.25 bits per heavy atom. The average Bonchev–Trinajstić information content (AvgIpc) is 2.86. The summed E-state index contributed by atoms with van der Waals surface area (Å²) in [6, 6.07) is 21.5. The number of amides is 2. The third-order valence-electron chi connectivity index (χ3n) is 5.75. The number of carbonyl (C=O) groups is 2. The molecule has 3 rings (SSSR count). The first-order chi connectivity index (χ1) is 17.3. The lowest BCUT2D eigenvalue weighted by atomic mass is 10.0. The summed E-state index contributed by atoms with van der Waals surface area (Å²) < 4.78 is 5.82. The van der Waals surface area contributed by atoms with E-state index in [0.29, 0.717) is 27.8 Å². The molecule has 0 radical (unpaired) electrons. The molecule has 0 unspecified atom stereocenters. The topological polar surface area (TPSA) is 58.6 Å². The van der Waals surface area contributed by atoms with Crippen LogP contribution in [0.2, 0.25) is 10.0 Å². The van der Waals surface area contributed by atoms with Gasteiger partial charge in [0.25, 0.3) is 5.91 Å². The number of benzene rings is 3. The summed E-state index contributed by atoms with van der Waals surface area (Å²) in [7, 11) is 0. The Morgan fingerprint density at radius 1 is 0.944 bits per heavy atom. The predicted octanol–water partition coefficient (Wildman–Crippen LogP) is 6.10. The highest BCUT2D eigenvalue weighted by Gasteiger charge is 2.31. The molecule has 3 aromatic carbocycles. The van der Waals surface area contributed by atoms with Crippen LogP contribution in [0.1, 0.15) is 37.5 Å². The Balaban J connectivity index is 1.91. The van der Waals surface area contributed by atoms with Gasteiger partial charge in [0.1, 0.15) is 11.8 Å². The molecule has 190 valence electrons. The molecule has 0 aromatic heterocycles. The van der Waals surface area contributed by atoms with E-state index >= 15 is 0 Å². The summed E-state index contributed by atoms with van der Waals surface area (Å²) in [5, 5.41) is 3.90. The maximum Gasteiger partial charge on any atom is 0.261 e. The van der Waals surface area contributed by atoms with Crippen LogP contribution in [-0.4, -0.2) is 35.4 Å². The highest BCUT2D eigenvalue weighted by molar-refractivity contribution is 6.35. The van der Waals surface area contributed by atoms with Crippen molar-refractivity contribution >= 4 is 35.0 Å². The van der Waals surface area contributed by atoms with Crippen LogP contribution in [0.4, 0.5) is 0 Å². The number of ether oxygens (including phenoxy) is 1. The van der Waals surface area contributed by atoms with E-state index in [1.807, 2.05) is 68.4 Å². The number of aryl methyl sites for hydroxylation is 1. The number of hydrogen-bond donors (Lipinski definition) is 1. The van der Waals surface area contributed by atoms with E-state index in [0.717, 1.165) is 12.0 Å². The van der Waals surface area contributed by atoms with Crippen LogP contribution in [0.3, 0.4) is 0 Å². The van der Waals surface area contributed by atoms with Gasteiger partial charge in [-0.15, -0.1) is 0 Å². The molecule has 0 aliphatic rings. The second kappa shape index (κ2) is 13.3. The molecular weight excluding hydrogens is 495 g/mol.